The number of nitrogens with zero attached hydrogens (tertiary/aromatic N) is 3. The second-order valence-electron chi connectivity index (χ2n) is 7.72. The molecular weight excluding hydrogens is 413 g/mol. The Labute approximate surface area is 189 Å². The van der Waals surface area contributed by atoms with Crippen LogP contribution < -0.4 is 4.74 Å². The Morgan fingerprint density at radius 2 is 1.52 bits per heavy atom. The molecule has 0 amide bonds. The molecular formula is C28H18FN3O. The summed E-state index contributed by atoms with van der Waals surface area (Å²) >= 11 is 0. The summed E-state index contributed by atoms with van der Waals surface area (Å²) in [6.07, 6.45) is 2.95. The molecule has 6 aromatic rings. The first-order valence-corrected chi connectivity index (χ1v) is 10.6. The van der Waals surface area contributed by atoms with Gasteiger partial charge in [0.25, 0.3) is 0 Å². The van der Waals surface area contributed by atoms with Gasteiger partial charge in [0.15, 0.2) is 0 Å². The van der Waals surface area contributed by atoms with Gasteiger partial charge >= 0.3 is 0 Å². The summed E-state index contributed by atoms with van der Waals surface area (Å²) in [6.45, 7) is 0. The molecule has 0 bridgehead atoms. The molecule has 0 aliphatic rings. The predicted molar refractivity (Wildman–Crippen MR) is 128 cm³/mol. The third-order valence-corrected chi connectivity index (χ3v) is 5.64. The van der Waals surface area contributed by atoms with Crippen LogP contribution in [0.4, 0.5) is 4.39 Å². The number of pyridine rings is 2. The van der Waals surface area contributed by atoms with Gasteiger partial charge in [0.05, 0.1) is 17.2 Å². The molecule has 158 valence electrons. The lowest BCUT2D eigenvalue weighted by Crippen LogP contribution is -1.97. The number of hydrogen-bond acceptors (Lipinski definition) is 3. The van der Waals surface area contributed by atoms with Crippen LogP contribution in [-0.2, 0) is 0 Å². The van der Waals surface area contributed by atoms with E-state index in [-0.39, 0.29) is 5.82 Å². The van der Waals surface area contributed by atoms with Gasteiger partial charge in [0.1, 0.15) is 17.4 Å². The van der Waals surface area contributed by atoms with Crippen molar-refractivity contribution in [2.75, 3.05) is 0 Å². The lowest BCUT2D eigenvalue weighted by molar-refractivity contribution is 0.463. The van der Waals surface area contributed by atoms with Crippen molar-refractivity contribution in [3.05, 3.63) is 115 Å². The fraction of sp³-hybridized carbons (Fsp3) is 0. The molecule has 3 aromatic heterocycles. The van der Waals surface area contributed by atoms with Gasteiger partial charge in [-0.2, -0.15) is 0 Å². The van der Waals surface area contributed by atoms with Gasteiger partial charge in [0.2, 0.25) is 5.88 Å². The minimum absolute atomic E-state index is 0.357. The Morgan fingerprint density at radius 1 is 0.667 bits per heavy atom. The van der Waals surface area contributed by atoms with Crippen molar-refractivity contribution in [1.82, 2.24) is 14.5 Å². The summed E-state index contributed by atoms with van der Waals surface area (Å²) in [7, 11) is 0. The van der Waals surface area contributed by atoms with Crippen LogP contribution in [0.2, 0.25) is 0 Å². The first kappa shape index (κ1) is 19.2. The Morgan fingerprint density at radius 3 is 2.36 bits per heavy atom. The average molecular weight is 431 g/mol. The molecule has 3 heterocycles. The van der Waals surface area contributed by atoms with E-state index < -0.39 is 0 Å². The summed E-state index contributed by atoms with van der Waals surface area (Å²) in [6, 6.07) is 31.2. The van der Waals surface area contributed by atoms with Gasteiger partial charge in [-0.3, -0.25) is 4.57 Å². The number of benzene rings is 3. The maximum absolute atomic E-state index is 13.5. The average Bonchev–Trinajstić information content (AvgIpc) is 3.19. The fourth-order valence-electron chi connectivity index (χ4n) is 4.16. The molecule has 0 unspecified atom stereocenters. The van der Waals surface area contributed by atoms with Crippen LogP contribution in [0.25, 0.3) is 38.8 Å². The van der Waals surface area contributed by atoms with Crippen LogP contribution in [-0.4, -0.2) is 14.5 Å². The molecule has 0 saturated carbocycles. The van der Waals surface area contributed by atoms with Crippen LogP contribution in [0.5, 0.6) is 11.6 Å². The number of halogens is 1. The third kappa shape index (κ3) is 3.49. The number of hydrogen-bond donors (Lipinski definition) is 0. The number of para-hydroxylation sites is 1. The largest absolute Gasteiger partial charge is 0.439 e. The highest BCUT2D eigenvalue weighted by molar-refractivity contribution is 6.10. The molecule has 6 rings (SSSR count). The monoisotopic (exact) mass is 431 g/mol. The van der Waals surface area contributed by atoms with Crippen LogP contribution in [0, 0.1) is 5.82 Å². The Bertz CT molecular complexity index is 1590. The molecule has 0 N–H and O–H groups in total. The van der Waals surface area contributed by atoms with Crippen molar-refractivity contribution in [3.63, 3.8) is 0 Å². The maximum Gasteiger partial charge on any atom is 0.219 e. The van der Waals surface area contributed by atoms with E-state index in [1.165, 1.54) is 12.3 Å². The smallest absolute Gasteiger partial charge is 0.219 e. The highest BCUT2D eigenvalue weighted by Crippen LogP contribution is 2.35. The zero-order valence-electron chi connectivity index (χ0n) is 17.5. The van der Waals surface area contributed by atoms with Gasteiger partial charge in [-0.15, -0.1) is 0 Å². The number of aromatic nitrogens is 3. The van der Waals surface area contributed by atoms with Gasteiger partial charge in [-0.25, -0.2) is 14.4 Å². The molecule has 0 aliphatic heterocycles. The van der Waals surface area contributed by atoms with Crippen molar-refractivity contribution in [1.29, 1.82) is 0 Å². The van der Waals surface area contributed by atoms with Crippen molar-refractivity contribution < 1.29 is 9.13 Å². The van der Waals surface area contributed by atoms with E-state index >= 15 is 0 Å². The van der Waals surface area contributed by atoms with Crippen LogP contribution in [0.3, 0.4) is 0 Å². The highest BCUT2D eigenvalue weighted by atomic mass is 19.1. The Hall–Kier alpha value is -4.51. The van der Waals surface area contributed by atoms with E-state index in [2.05, 4.69) is 50.9 Å². The van der Waals surface area contributed by atoms with E-state index in [4.69, 9.17) is 4.74 Å². The van der Waals surface area contributed by atoms with Crippen LogP contribution in [0.15, 0.2) is 109 Å². The van der Waals surface area contributed by atoms with Crippen molar-refractivity contribution >= 4 is 21.8 Å². The van der Waals surface area contributed by atoms with Crippen LogP contribution >= 0.6 is 0 Å². The van der Waals surface area contributed by atoms with Crippen molar-refractivity contribution in [2.24, 2.45) is 0 Å². The number of ether oxygens (including phenoxy) is 1. The topological polar surface area (TPSA) is 39.9 Å². The van der Waals surface area contributed by atoms with E-state index in [0.29, 0.717) is 17.4 Å². The predicted octanol–water partition coefficient (Wildman–Crippen LogP) is 7.17. The Balaban J connectivity index is 1.50. The maximum atomic E-state index is 13.5. The number of fused-ring (bicyclic) bond motifs is 3. The third-order valence-electron chi connectivity index (χ3n) is 5.64. The van der Waals surface area contributed by atoms with E-state index in [0.717, 1.165) is 32.9 Å². The molecule has 3 aromatic carbocycles. The standard InChI is InChI=1S/C28H18FN3O/c29-21-12-14-27(31-18-21)32-25-9-2-1-8-23(25)24-13-11-20(17-26(24)32)19-6-5-7-22(16-19)33-28-10-3-4-15-30-28/h1-18H. The highest BCUT2D eigenvalue weighted by Gasteiger charge is 2.14. The quantitative estimate of drug-likeness (QED) is 0.297. The minimum atomic E-state index is -0.357. The fourth-order valence-corrected chi connectivity index (χ4v) is 4.16. The summed E-state index contributed by atoms with van der Waals surface area (Å²) in [5, 5.41) is 2.23. The summed E-state index contributed by atoms with van der Waals surface area (Å²) in [5.41, 5.74) is 4.09. The van der Waals surface area contributed by atoms with Gasteiger partial charge in [-0.1, -0.05) is 48.5 Å². The molecule has 0 spiro atoms. The number of rotatable bonds is 4. The summed E-state index contributed by atoms with van der Waals surface area (Å²) in [5.74, 6) is 1.58. The molecule has 33 heavy (non-hydrogen) atoms. The first-order chi connectivity index (χ1) is 16.3. The van der Waals surface area contributed by atoms with Crippen LogP contribution in [0.1, 0.15) is 0 Å². The first-order valence-electron chi connectivity index (χ1n) is 10.6. The molecule has 5 heteroatoms. The summed E-state index contributed by atoms with van der Waals surface area (Å²) in [4.78, 5) is 8.58. The molecule has 0 radical (unpaired) electrons. The zero-order chi connectivity index (χ0) is 22.2. The lowest BCUT2D eigenvalue weighted by atomic mass is 10.0. The second-order valence-corrected chi connectivity index (χ2v) is 7.72. The van der Waals surface area contributed by atoms with Gasteiger partial charge in [-0.05, 0) is 53.6 Å². The van der Waals surface area contributed by atoms with Gasteiger partial charge < -0.3 is 4.74 Å². The van der Waals surface area contributed by atoms with Crippen molar-refractivity contribution in [3.8, 4) is 28.6 Å². The van der Waals surface area contributed by atoms with E-state index in [1.54, 1.807) is 12.3 Å². The second kappa shape index (κ2) is 7.88. The molecule has 0 saturated heterocycles. The molecule has 4 nitrogen and oxygen atoms in total. The van der Waals surface area contributed by atoms with E-state index in [9.17, 15) is 4.39 Å². The van der Waals surface area contributed by atoms with E-state index in [1.807, 2.05) is 48.5 Å². The zero-order valence-corrected chi connectivity index (χ0v) is 17.5. The van der Waals surface area contributed by atoms with Crippen molar-refractivity contribution in [2.45, 2.75) is 0 Å². The molecule has 0 fully saturated rings. The normalized spacial score (nSPS) is 11.2. The lowest BCUT2D eigenvalue weighted by Gasteiger charge is -2.09. The summed E-state index contributed by atoms with van der Waals surface area (Å²) < 4.78 is 21.5. The molecule has 0 aliphatic carbocycles. The SMILES string of the molecule is Fc1ccc(-n2c3ccccc3c3ccc(-c4cccc(Oc5ccccn5)c4)cc32)nc1. The molecule has 0 atom stereocenters. The Kier molecular flexibility index (Phi) is 4.58. The minimum Gasteiger partial charge on any atom is -0.439 e. The van der Waals surface area contributed by atoms with Gasteiger partial charge in [0, 0.05) is 23.0 Å².